The first-order valence-electron chi connectivity index (χ1n) is 5.48. The van der Waals surface area contributed by atoms with E-state index in [0.717, 1.165) is 6.54 Å². The summed E-state index contributed by atoms with van der Waals surface area (Å²) in [6.45, 7) is 3.07. The summed E-state index contributed by atoms with van der Waals surface area (Å²) in [5, 5.41) is 13.7. The molecule has 2 rings (SSSR count). The molecule has 2 aromatic rings. The molecule has 0 spiro atoms. The van der Waals surface area contributed by atoms with Gasteiger partial charge in [0.2, 0.25) is 0 Å². The molecular weight excluding hydrogens is 234 g/mol. The number of aromatic nitrogens is 3. The van der Waals surface area contributed by atoms with E-state index in [9.17, 15) is 10.1 Å². The smallest absolute Gasteiger partial charge is 0.290 e. The molecule has 0 aliphatic rings. The topological polar surface area (TPSA) is 85.9 Å². The van der Waals surface area contributed by atoms with Crippen LogP contribution in [0.5, 0.6) is 0 Å². The Bertz CT molecular complexity index is 538. The van der Waals surface area contributed by atoms with Crippen LogP contribution < -0.4 is 5.32 Å². The standard InChI is InChI=1S/C11H13N5O2/c1-9-10(16(17)18)2-3-11(14-9)13-5-7-15-6-4-12-8-15/h2-4,6,8H,5,7H2,1H3,(H,13,14). The van der Waals surface area contributed by atoms with Gasteiger partial charge < -0.3 is 9.88 Å². The highest BCUT2D eigenvalue weighted by Crippen LogP contribution is 2.17. The van der Waals surface area contributed by atoms with Gasteiger partial charge in [-0.3, -0.25) is 10.1 Å². The Kier molecular flexibility index (Phi) is 3.52. The van der Waals surface area contributed by atoms with Gasteiger partial charge >= 0.3 is 0 Å². The number of imidazole rings is 1. The summed E-state index contributed by atoms with van der Waals surface area (Å²) in [4.78, 5) is 18.3. The van der Waals surface area contributed by atoms with E-state index in [4.69, 9.17) is 0 Å². The summed E-state index contributed by atoms with van der Waals surface area (Å²) >= 11 is 0. The van der Waals surface area contributed by atoms with E-state index in [1.54, 1.807) is 25.5 Å². The molecule has 0 atom stereocenters. The quantitative estimate of drug-likeness (QED) is 0.640. The fourth-order valence-corrected chi connectivity index (χ4v) is 1.58. The normalized spacial score (nSPS) is 10.3. The lowest BCUT2D eigenvalue weighted by atomic mass is 10.3. The van der Waals surface area contributed by atoms with Crippen molar-refractivity contribution in [3.8, 4) is 0 Å². The van der Waals surface area contributed by atoms with Crippen LogP contribution >= 0.6 is 0 Å². The van der Waals surface area contributed by atoms with Crippen LogP contribution in [0.25, 0.3) is 0 Å². The van der Waals surface area contributed by atoms with E-state index in [1.165, 1.54) is 6.07 Å². The van der Waals surface area contributed by atoms with Gasteiger partial charge in [0.15, 0.2) is 0 Å². The molecule has 0 unspecified atom stereocenters. The molecule has 2 aromatic heterocycles. The van der Waals surface area contributed by atoms with Gasteiger partial charge in [0.25, 0.3) is 5.69 Å². The van der Waals surface area contributed by atoms with E-state index < -0.39 is 4.92 Å². The maximum Gasteiger partial charge on any atom is 0.290 e. The molecule has 0 fully saturated rings. The number of nitro groups is 1. The summed E-state index contributed by atoms with van der Waals surface area (Å²) in [6.07, 6.45) is 5.32. The highest BCUT2D eigenvalue weighted by atomic mass is 16.6. The second kappa shape index (κ2) is 5.26. The van der Waals surface area contributed by atoms with E-state index in [0.29, 0.717) is 18.1 Å². The van der Waals surface area contributed by atoms with Gasteiger partial charge in [-0.2, -0.15) is 0 Å². The number of hydrogen-bond donors (Lipinski definition) is 1. The van der Waals surface area contributed by atoms with Crippen molar-refractivity contribution in [2.24, 2.45) is 0 Å². The SMILES string of the molecule is Cc1nc(NCCn2ccnc2)ccc1[N+](=O)[O-]. The molecule has 0 radical (unpaired) electrons. The van der Waals surface area contributed by atoms with Crippen molar-refractivity contribution in [3.63, 3.8) is 0 Å². The molecule has 94 valence electrons. The lowest BCUT2D eigenvalue weighted by Crippen LogP contribution is -2.10. The summed E-state index contributed by atoms with van der Waals surface area (Å²) in [5.41, 5.74) is 0.447. The highest BCUT2D eigenvalue weighted by Gasteiger charge is 2.11. The first-order valence-corrected chi connectivity index (χ1v) is 5.48. The molecule has 0 amide bonds. The molecule has 0 aliphatic heterocycles. The zero-order chi connectivity index (χ0) is 13.0. The number of nitrogens with zero attached hydrogens (tertiary/aromatic N) is 4. The Balaban J connectivity index is 1.94. The van der Waals surface area contributed by atoms with Crippen LogP contribution in [0.1, 0.15) is 5.69 Å². The largest absolute Gasteiger partial charge is 0.368 e. The van der Waals surface area contributed by atoms with Crippen LogP contribution in [0.3, 0.4) is 0 Å². The molecule has 7 heteroatoms. The molecule has 0 saturated heterocycles. The summed E-state index contributed by atoms with van der Waals surface area (Å²) in [5.74, 6) is 0.637. The minimum absolute atomic E-state index is 0.0372. The lowest BCUT2D eigenvalue weighted by Gasteiger charge is -2.06. The summed E-state index contributed by atoms with van der Waals surface area (Å²) in [6, 6.07) is 3.07. The van der Waals surface area contributed by atoms with Crippen molar-refractivity contribution in [2.75, 3.05) is 11.9 Å². The zero-order valence-corrected chi connectivity index (χ0v) is 9.91. The Morgan fingerprint density at radius 3 is 2.94 bits per heavy atom. The van der Waals surface area contributed by atoms with Crippen molar-refractivity contribution in [2.45, 2.75) is 13.5 Å². The molecular formula is C11H13N5O2. The molecule has 2 heterocycles. The van der Waals surface area contributed by atoms with Crippen molar-refractivity contribution in [1.29, 1.82) is 0 Å². The van der Waals surface area contributed by atoms with Crippen LogP contribution in [-0.2, 0) is 6.54 Å². The second-order valence-corrected chi connectivity index (χ2v) is 3.79. The first-order chi connectivity index (χ1) is 8.66. The minimum Gasteiger partial charge on any atom is -0.368 e. The fraction of sp³-hybridized carbons (Fsp3) is 0.273. The lowest BCUT2D eigenvalue weighted by molar-refractivity contribution is -0.385. The molecule has 7 nitrogen and oxygen atoms in total. The summed E-state index contributed by atoms with van der Waals surface area (Å²) < 4.78 is 1.94. The second-order valence-electron chi connectivity index (χ2n) is 3.79. The molecule has 0 aromatic carbocycles. The zero-order valence-electron chi connectivity index (χ0n) is 9.91. The molecule has 0 bridgehead atoms. The van der Waals surface area contributed by atoms with Gasteiger partial charge in [0.05, 0.1) is 11.3 Å². The van der Waals surface area contributed by atoms with Gasteiger partial charge in [0.1, 0.15) is 11.5 Å². The molecule has 1 N–H and O–H groups in total. The first kappa shape index (κ1) is 12.0. The van der Waals surface area contributed by atoms with E-state index in [2.05, 4.69) is 15.3 Å². The van der Waals surface area contributed by atoms with E-state index in [-0.39, 0.29) is 5.69 Å². The van der Waals surface area contributed by atoms with Crippen molar-refractivity contribution in [1.82, 2.24) is 14.5 Å². The predicted molar refractivity (Wildman–Crippen MR) is 66.3 cm³/mol. The minimum atomic E-state index is -0.433. The third-order valence-corrected chi connectivity index (χ3v) is 2.49. The third-order valence-electron chi connectivity index (χ3n) is 2.49. The Hall–Kier alpha value is -2.44. The van der Waals surface area contributed by atoms with E-state index >= 15 is 0 Å². The van der Waals surface area contributed by atoms with Gasteiger partial charge in [-0.1, -0.05) is 0 Å². The van der Waals surface area contributed by atoms with Crippen molar-refractivity contribution < 1.29 is 4.92 Å². The maximum atomic E-state index is 10.6. The highest BCUT2D eigenvalue weighted by molar-refractivity contribution is 5.44. The average Bonchev–Trinajstić information content (AvgIpc) is 2.81. The van der Waals surface area contributed by atoms with Crippen LogP contribution in [0, 0.1) is 17.0 Å². The van der Waals surface area contributed by atoms with Gasteiger partial charge in [-0.15, -0.1) is 0 Å². The van der Waals surface area contributed by atoms with Crippen LogP contribution in [-0.4, -0.2) is 26.0 Å². The Morgan fingerprint density at radius 2 is 2.33 bits per heavy atom. The van der Waals surface area contributed by atoms with Gasteiger partial charge in [-0.25, -0.2) is 9.97 Å². The van der Waals surface area contributed by atoms with Crippen molar-refractivity contribution in [3.05, 3.63) is 46.7 Å². The molecule has 0 saturated carbocycles. The van der Waals surface area contributed by atoms with Crippen LogP contribution in [0.2, 0.25) is 0 Å². The Morgan fingerprint density at radius 1 is 1.50 bits per heavy atom. The predicted octanol–water partition coefficient (Wildman–Crippen LogP) is 1.61. The number of anilines is 1. The van der Waals surface area contributed by atoms with Crippen LogP contribution in [0.4, 0.5) is 11.5 Å². The van der Waals surface area contributed by atoms with Crippen molar-refractivity contribution >= 4 is 11.5 Å². The molecule has 0 aliphatic carbocycles. The van der Waals surface area contributed by atoms with Gasteiger partial charge in [-0.05, 0) is 13.0 Å². The summed E-state index contributed by atoms with van der Waals surface area (Å²) in [7, 11) is 0. The number of aryl methyl sites for hydroxylation is 1. The number of pyridine rings is 1. The maximum absolute atomic E-state index is 10.6. The number of nitrogens with one attached hydrogen (secondary N) is 1. The van der Waals surface area contributed by atoms with Crippen LogP contribution in [0.15, 0.2) is 30.9 Å². The Labute approximate surface area is 104 Å². The van der Waals surface area contributed by atoms with E-state index in [1.807, 2.05) is 10.8 Å². The monoisotopic (exact) mass is 247 g/mol. The van der Waals surface area contributed by atoms with Gasteiger partial charge in [0, 0.05) is 31.5 Å². The number of hydrogen-bond acceptors (Lipinski definition) is 5. The number of rotatable bonds is 5. The molecule has 18 heavy (non-hydrogen) atoms. The third kappa shape index (κ3) is 2.82. The average molecular weight is 247 g/mol. The fourth-order valence-electron chi connectivity index (χ4n) is 1.58.